The van der Waals surface area contributed by atoms with Crippen LogP contribution in [0.15, 0.2) is 30.3 Å². The van der Waals surface area contributed by atoms with Gasteiger partial charge in [0, 0.05) is 18.9 Å². The van der Waals surface area contributed by atoms with Crippen molar-refractivity contribution in [3.05, 3.63) is 35.9 Å². The summed E-state index contributed by atoms with van der Waals surface area (Å²) in [6.45, 7) is 14.5. The molecule has 182 valence electrons. The predicted molar refractivity (Wildman–Crippen MR) is 132 cm³/mol. The molecule has 1 aromatic rings. The standard InChI is InChI=1S/C27H41NO4Si/c1-18-12-22-21(23(29)13-18)14-20-15-24(32-33(5,6)27(2,3)4)25(22)28(16-20)26(30)31-17-19-10-8-7-9-11-19/h7-11,18,20-22,24-25H,12-17H2,1-6H3. The van der Waals surface area contributed by atoms with Crippen LogP contribution in [0.5, 0.6) is 0 Å². The van der Waals surface area contributed by atoms with E-state index in [-0.39, 0.29) is 47.6 Å². The Morgan fingerprint density at radius 1 is 1.12 bits per heavy atom. The highest BCUT2D eigenvalue weighted by Crippen LogP contribution is 2.49. The number of fused-ring (bicyclic) bond motifs is 2. The molecule has 5 nitrogen and oxygen atoms in total. The van der Waals surface area contributed by atoms with Gasteiger partial charge in [-0.15, -0.1) is 0 Å². The minimum Gasteiger partial charge on any atom is -0.445 e. The van der Waals surface area contributed by atoms with E-state index >= 15 is 0 Å². The van der Waals surface area contributed by atoms with Crippen molar-refractivity contribution in [1.82, 2.24) is 4.90 Å². The molecule has 33 heavy (non-hydrogen) atoms. The summed E-state index contributed by atoms with van der Waals surface area (Å²) in [5.41, 5.74) is 0.985. The number of hydrogen-bond acceptors (Lipinski definition) is 4. The van der Waals surface area contributed by atoms with Crippen LogP contribution in [-0.4, -0.2) is 43.8 Å². The first-order valence-electron chi connectivity index (χ1n) is 12.6. The van der Waals surface area contributed by atoms with Gasteiger partial charge in [0.05, 0.1) is 12.1 Å². The Morgan fingerprint density at radius 3 is 2.48 bits per heavy atom. The van der Waals surface area contributed by atoms with Crippen LogP contribution in [0.4, 0.5) is 4.79 Å². The van der Waals surface area contributed by atoms with Crippen LogP contribution in [0.3, 0.4) is 0 Å². The number of ketones is 1. The molecule has 2 saturated heterocycles. The number of carbonyl (C=O) groups is 2. The lowest BCUT2D eigenvalue weighted by Crippen LogP contribution is -2.60. The third-order valence-electron chi connectivity index (χ3n) is 8.63. The van der Waals surface area contributed by atoms with E-state index in [9.17, 15) is 9.59 Å². The summed E-state index contributed by atoms with van der Waals surface area (Å²) in [6.07, 6.45) is 3.19. The molecule has 0 N–H and O–H groups in total. The van der Waals surface area contributed by atoms with E-state index in [0.717, 1.165) is 24.8 Å². The van der Waals surface area contributed by atoms with Gasteiger partial charge in [0.25, 0.3) is 0 Å². The first kappa shape index (κ1) is 24.5. The van der Waals surface area contributed by atoms with E-state index in [4.69, 9.17) is 9.16 Å². The molecule has 6 unspecified atom stereocenters. The van der Waals surface area contributed by atoms with Crippen molar-refractivity contribution in [3.63, 3.8) is 0 Å². The second-order valence-corrected chi connectivity index (χ2v) is 17.0. The molecule has 2 bridgehead atoms. The number of hydrogen-bond donors (Lipinski definition) is 0. The normalized spacial score (nSPS) is 32.3. The van der Waals surface area contributed by atoms with Crippen LogP contribution in [0, 0.1) is 23.7 Å². The maximum Gasteiger partial charge on any atom is 0.410 e. The number of carbonyl (C=O) groups excluding carboxylic acids is 2. The van der Waals surface area contributed by atoms with E-state index in [1.54, 1.807) is 0 Å². The molecule has 2 aliphatic heterocycles. The van der Waals surface area contributed by atoms with Crippen molar-refractivity contribution in [2.24, 2.45) is 23.7 Å². The number of piperidine rings is 1. The summed E-state index contributed by atoms with van der Waals surface area (Å²) in [6, 6.07) is 9.74. The largest absolute Gasteiger partial charge is 0.445 e. The maximum atomic E-state index is 13.4. The molecular formula is C27H41NO4Si. The number of benzene rings is 1. The molecule has 0 aromatic heterocycles. The number of rotatable bonds is 4. The van der Waals surface area contributed by atoms with Crippen LogP contribution in [0.2, 0.25) is 18.1 Å². The van der Waals surface area contributed by atoms with Crippen LogP contribution in [0.25, 0.3) is 0 Å². The lowest BCUT2D eigenvalue weighted by molar-refractivity contribution is -0.130. The molecule has 2 aliphatic carbocycles. The molecule has 4 fully saturated rings. The number of Topliss-reactive ketones (excluding diaryl/α,β-unsaturated/α-hetero) is 1. The highest BCUT2D eigenvalue weighted by Gasteiger charge is 2.55. The first-order valence-corrected chi connectivity index (χ1v) is 15.5. The van der Waals surface area contributed by atoms with Crippen molar-refractivity contribution >= 4 is 20.2 Å². The summed E-state index contributed by atoms with van der Waals surface area (Å²) >= 11 is 0. The van der Waals surface area contributed by atoms with Crippen molar-refractivity contribution in [1.29, 1.82) is 0 Å². The first-order chi connectivity index (χ1) is 15.5. The molecular weight excluding hydrogens is 430 g/mol. The van der Waals surface area contributed by atoms with E-state index in [2.05, 4.69) is 40.8 Å². The fraction of sp³-hybridized carbons (Fsp3) is 0.704. The molecule has 6 heteroatoms. The predicted octanol–water partition coefficient (Wildman–Crippen LogP) is 6.04. The van der Waals surface area contributed by atoms with Gasteiger partial charge in [-0.05, 0) is 60.7 Å². The Labute approximate surface area is 200 Å². The van der Waals surface area contributed by atoms with Gasteiger partial charge in [-0.3, -0.25) is 4.79 Å². The fourth-order valence-corrected chi connectivity index (χ4v) is 7.33. The fourth-order valence-electron chi connectivity index (χ4n) is 5.98. The van der Waals surface area contributed by atoms with Crippen LogP contribution in [-0.2, 0) is 20.6 Å². The summed E-state index contributed by atoms with van der Waals surface area (Å²) < 4.78 is 12.8. The molecule has 1 amide bonds. The molecule has 4 aliphatic rings. The molecule has 6 atom stereocenters. The zero-order valence-electron chi connectivity index (χ0n) is 21.2. The lowest BCUT2D eigenvalue weighted by atomic mass is 9.69. The molecule has 2 saturated carbocycles. The monoisotopic (exact) mass is 471 g/mol. The Bertz CT molecular complexity index is 865. The second kappa shape index (κ2) is 9.18. The molecule has 1 aromatic carbocycles. The average molecular weight is 472 g/mol. The van der Waals surface area contributed by atoms with Crippen molar-refractivity contribution < 1.29 is 18.8 Å². The van der Waals surface area contributed by atoms with Gasteiger partial charge in [-0.2, -0.15) is 0 Å². The van der Waals surface area contributed by atoms with Gasteiger partial charge in [0.1, 0.15) is 12.4 Å². The van der Waals surface area contributed by atoms with Crippen LogP contribution >= 0.6 is 0 Å². The minimum absolute atomic E-state index is 0.0259. The van der Waals surface area contributed by atoms with E-state index in [0.29, 0.717) is 24.7 Å². The average Bonchev–Trinajstić information content (AvgIpc) is 2.98. The zero-order valence-corrected chi connectivity index (χ0v) is 22.2. The molecule has 0 radical (unpaired) electrons. The highest BCUT2D eigenvalue weighted by molar-refractivity contribution is 6.74. The van der Waals surface area contributed by atoms with Crippen LogP contribution in [0.1, 0.15) is 58.9 Å². The number of ether oxygens (including phenoxy) is 1. The van der Waals surface area contributed by atoms with Gasteiger partial charge in [0.2, 0.25) is 0 Å². The second-order valence-electron chi connectivity index (χ2n) is 12.2. The van der Waals surface area contributed by atoms with Gasteiger partial charge < -0.3 is 14.1 Å². The van der Waals surface area contributed by atoms with Crippen LogP contribution < -0.4 is 0 Å². The topological polar surface area (TPSA) is 55.8 Å². The van der Waals surface area contributed by atoms with E-state index in [1.807, 2.05) is 35.2 Å². The van der Waals surface area contributed by atoms with Gasteiger partial charge in [-0.1, -0.05) is 58.0 Å². The Hall–Kier alpha value is -1.66. The molecule has 5 rings (SSSR count). The minimum atomic E-state index is -2.04. The van der Waals surface area contributed by atoms with Crippen molar-refractivity contribution in [2.75, 3.05) is 6.54 Å². The lowest BCUT2D eigenvalue weighted by Gasteiger charge is -2.49. The third kappa shape index (κ3) is 5.07. The van der Waals surface area contributed by atoms with E-state index < -0.39 is 8.32 Å². The third-order valence-corrected chi connectivity index (χ3v) is 13.1. The van der Waals surface area contributed by atoms with Crippen molar-refractivity contribution in [3.8, 4) is 0 Å². The van der Waals surface area contributed by atoms with Crippen molar-refractivity contribution in [2.45, 2.75) is 90.3 Å². The zero-order chi connectivity index (χ0) is 24.0. The quantitative estimate of drug-likeness (QED) is 0.502. The number of amides is 1. The Balaban J connectivity index is 1.62. The smallest absolute Gasteiger partial charge is 0.410 e. The summed E-state index contributed by atoms with van der Waals surface area (Å²) in [5.74, 6) is 1.24. The molecule has 0 spiro atoms. The van der Waals surface area contributed by atoms with Gasteiger partial charge >= 0.3 is 6.09 Å². The summed E-state index contributed by atoms with van der Waals surface area (Å²) in [4.78, 5) is 28.5. The highest BCUT2D eigenvalue weighted by atomic mass is 28.4. The van der Waals surface area contributed by atoms with Gasteiger partial charge in [-0.25, -0.2) is 4.79 Å². The van der Waals surface area contributed by atoms with Gasteiger partial charge in [0.15, 0.2) is 8.32 Å². The maximum absolute atomic E-state index is 13.4. The Morgan fingerprint density at radius 2 is 1.82 bits per heavy atom. The Kier molecular flexibility index (Phi) is 6.80. The summed E-state index contributed by atoms with van der Waals surface area (Å²) in [7, 11) is -2.04. The SMILES string of the molecule is CC1CC(=O)C2CC3CC(O[Si](C)(C)C(C)(C)C)C(C2C1)N(C(=O)OCc1ccccc1)C3. The number of nitrogens with zero attached hydrogens (tertiary/aromatic N) is 1. The summed E-state index contributed by atoms with van der Waals surface area (Å²) in [5, 5.41) is 0.0896. The van der Waals surface area contributed by atoms with E-state index in [1.165, 1.54) is 0 Å². The molecule has 2 heterocycles.